The maximum Gasteiger partial charge on any atom is 0.168 e. The van der Waals surface area contributed by atoms with Gasteiger partial charge >= 0.3 is 0 Å². The molecule has 0 amide bonds. The van der Waals surface area contributed by atoms with Gasteiger partial charge in [-0.2, -0.15) is 11.8 Å². The van der Waals surface area contributed by atoms with Crippen molar-refractivity contribution in [2.75, 3.05) is 30.0 Å². The summed E-state index contributed by atoms with van der Waals surface area (Å²) in [5.41, 5.74) is 0. The van der Waals surface area contributed by atoms with Crippen molar-refractivity contribution in [1.82, 2.24) is 4.98 Å². The number of nitrogens with zero attached hydrogens (tertiary/aromatic N) is 1. The molecule has 1 atom stereocenters. The van der Waals surface area contributed by atoms with Gasteiger partial charge < -0.3 is 10.6 Å². The Morgan fingerprint density at radius 2 is 1.79 bits per heavy atom. The van der Waals surface area contributed by atoms with Crippen LogP contribution in [0.15, 0.2) is 6.07 Å². The Balaban J connectivity index is 2.66. The molecule has 0 fully saturated rings. The predicted molar refractivity (Wildman–Crippen MR) is 79.0 cm³/mol. The van der Waals surface area contributed by atoms with Crippen LogP contribution in [0.4, 0.5) is 20.4 Å². The lowest BCUT2D eigenvalue weighted by Crippen LogP contribution is -2.12. The van der Waals surface area contributed by atoms with Crippen molar-refractivity contribution in [3.05, 3.63) is 17.7 Å². The average molecular weight is 289 g/mol. The largest absolute Gasteiger partial charge is 0.368 e. The summed E-state index contributed by atoms with van der Waals surface area (Å²) in [7, 11) is 0. The molecular weight excluding hydrogens is 268 g/mol. The molecule has 0 aromatic carbocycles. The highest BCUT2D eigenvalue weighted by Crippen LogP contribution is 2.19. The van der Waals surface area contributed by atoms with Crippen LogP contribution in [0.25, 0.3) is 0 Å². The molecule has 1 rings (SSSR count). The summed E-state index contributed by atoms with van der Waals surface area (Å²) in [4.78, 5) is 3.95. The number of thioether (sulfide) groups is 1. The third-order valence-electron chi connectivity index (χ3n) is 2.72. The average Bonchev–Trinajstić information content (AvgIpc) is 2.39. The van der Waals surface area contributed by atoms with E-state index in [1.807, 2.05) is 13.2 Å². The lowest BCUT2D eigenvalue weighted by atomic mass is 10.3. The first kappa shape index (κ1) is 16.0. The molecule has 19 heavy (non-hydrogen) atoms. The third-order valence-corrected chi connectivity index (χ3v) is 3.76. The van der Waals surface area contributed by atoms with Crippen molar-refractivity contribution < 1.29 is 8.78 Å². The van der Waals surface area contributed by atoms with Crippen molar-refractivity contribution in [3.63, 3.8) is 0 Å². The number of pyridine rings is 1. The minimum Gasteiger partial charge on any atom is -0.368 e. The van der Waals surface area contributed by atoms with E-state index in [-0.39, 0.29) is 11.6 Å². The number of nitrogens with one attached hydrogen (secondary N) is 2. The second-order valence-corrected chi connectivity index (χ2v) is 5.61. The summed E-state index contributed by atoms with van der Waals surface area (Å²) in [5.74, 6) is -1.11. The molecule has 2 N–H and O–H groups in total. The molecule has 0 spiro atoms. The second kappa shape index (κ2) is 8.19. The zero-order valence-corrected chi connectivity index (χ0v) is 12.4. The Kier molecular flexibility index (Phi) is 6.91. The van der Waals surface area contributed by atoms with Gasteiger partial charge in [-0.25, -0.2) is 13.8 Å². The highest BCUT2D eigenvalue weighted by atomic mass is 32.2. The zero-order chi connectivity index (χ0) is 14.3. The van der Waals surface area contributed by atoms with E-state index in [2.05, 4.69) is 22.5 Å². The first-order valence-electron chi connectivity index (χ1n) is 6.45. The fourth-order valence-corrected chi connectivity index (χ4v) is 1.82. The minimum atomic E-state index is -0.658. The predicted octanol–water partition coefficient (Wildman–Crippen LogP) is 3.74. The topological polar surface area (TPSA) is 37.0 Å². The number of rotatable bonds is 8. The molecule has 0 radical (unpaired) electrons. The van der Waals surface area contributed by atoms with Gasteiger partial charge in [-0.15, -0.1) is 0 Å². The summed E-state index contributed by atoms with van der Waals surface area (Å²) in [6.45, 7) is 5.30. The first-order valence-corrected chi connectivity index (χ1v) is 7.73. The first-order chi connectivity index (χ1) is 9.08. The van der Waals surface area contributed by atoms with E-state index < -0.39 is 11.6 Å². The minimum absolute atomic E-state index is 0.101. The SMILES string of the molecule is CCCNc1nc(NCCC(C)SC)c(F)cc1F. The molecule has 0 saturated heterocycles. The fourth-order valence-electron chi connectivity index (χ4n) is 1.47. The molecule has 0 saturated carbocycles. The normalized spacial score (nSPS) is 12.3. The van der Waals surface area contributed by atoms with Crippen molar-refractivity contribution in [3.8, 4) is 0 Å². The van der Waals surface area contributed by atoms with E-state index in [1.165, 1.54) is 0 Å². The van der Waals surface area contributed by atoms with Gasteiger partial charge in [0.25, 0.3) is 0 Å². The quantitative estimate of drug-likeness (QED) is 0.764. The van der Waals surface area contributed by atoms with E-state index in [1.54, 1.807) is 11.8 Å². The lowest BCUT2D eigenvalue weighted by molar-refractivity contribution is 0.577. The third kappa shape index (κ3) is 5.22. The van der Waals surface area contributed by atoms with Gasteiger partial charge in [0.05, 0.1) is 0 Å². The number of hydrogen-bond donors (Lipinski definition) is 2. The Morgan fingerprint density at radius 1 is 1.21 bits per heavy atom. The monoisotopic (exact) mass is 289 g/mol. The van der Waals surface area contributed by atoms with Crippen LogP contribution >= 0.6 is 11.8 Å². The molecule has 3 nitrogen and oxygen atoms in total. The molecule has 1 aromatic heterocycles. The molecule has 0 bridgehead atoms. The van der Waals surface area contributed by atoms with Gasteiger partial charge in [0.15, 0.2) is 23.3 Å². The van der Waals surface area contributed by atoms with Crippen LogP contribution < -0.4 is 10.6 Å². The fraction of sp³-hybridized carbons (Fsp3) is 0.615. The highest BCUT2D eigenvalue weighted by molar-refractivity contribution is 7.99. The molecular formula is C13H21F2N3S. The maximum absolute atomic E-state index is 13.6. The van der Waals surface area contributed by atoms with Gasteiger partial charge in [0.2, 0.25) is 0 Å². The molecule has 1 aromatic rings. The molecule has 0 aliphatic heterocycles. The van der Waals surface area contributed by atoms with E-state index in [4.69, 9.17) is 0 Å². The number of aromatic nitrogens is 1. The Hall–Kier alpha value is -1.04. The van der Waals surface area contributed by atoms with Crippen LogP contribution in [0.5, 0.6) is 0 Å². The van der Waals surface area contributed by atoms with Crippen LogP contribution in [-0.2, 0) is 0 Å². The van der Waals surface area contributed by atoms with Crippen LogP contribution in [0.1, 0.15) is 26.7 Å². The summed E-state index contributed by atoms with van der Waals surface area (Å²) in [6.07, 6.45) is 3.79. The van der Waals surface area contributed by atoms with Crippen LogP contribution in [0.2, 0.25) is 0 Å². The van der Waals surface area contributed by atoms with Crippen molar-refractivity contribution >= 4 is 23.4 Å². The summed E-state index contributed by atoms with van der Waals surface area (Å²) >= 11 is 1.75. The molecule has 108 valence electrons. The summed E-state index contributed by atoms with van der Waals surface area (Å²) in [6, 6.07) is 0.866. The maximum atomic E-state index is 13.6. The molecule has 0 aliphatic rings. The zero-order valence-electron chi connectivity index (χ0n) is 11.6. The molecule has 1 unspecified atom stereocenters. The molecule has 0 aliphatic carbocycles. The van der Waals surface area contributed by atoms with Crippen molar-refractivity contribution in [2.45, 2.75) is 31.9 Å². The Morgan fingerprint density at radius 3 is 2.32 bits per heavy atom. The molecule has 6 heteroatoms. The van der Waals surface area contributed by atoms with Gasteiger partial charge in [0, 0.05) is 24.4 Å². The summed E-state index contributed by atoms with van der Waals surface area (Å²) in [5, 5.41) is 6.25. The van der Waals surface area contributed by atoms with Crippen LogP contribution in [0.3, 0.4) is 0 Å². The number of halogens is 2. The van der Waals surface area contributed by atoms with Crippen LogP contribution in [0, 0.1) is 11.6 Å². The summed E-state index contributed by atoms with van der Waals surface area (Å²) < 4.78 is 27.0. The standard InChI is InChI=1S/C13H21F2N3S/c1-4-6-16-12-10(14)8-11(15)13(18-12)17-7-5-9(2)19-3/h8-9H,4-7H2,1-3H3,(H2,16,17,18). The van der Waals surface area contributed by atoms with E-state index >= 15 is 0 Å². The Bertz CT molecular complexity index is 402. The van der Waals surface area contributed by atoms with Gasteiger partial charge in [-0.1, -0.05) is 13.8 Å². The van der Waals surface area contributed by atoms with Crippen molar-refractivity contribution in [1.29, 1.82) is 0 Å². The number of hydrogen-bond acceptors (Lipinski definition) is 4. The van der Waals surface area contributed by atoms with Crippen LogP contribution in [-0.4, -0.2) is 29.6 Å². The van der Waals surface area contributed by atoms with Gasteiger partial charge in [-0.3, -0.25) is 0 Å². The van der Waals surface area contributed by atoms with Crippen molar-refractivity contribution in [2.24, 2.45) is 0 Å². The van der Waals surface area contributed by atoms with Gasteiger partial charge in [0.1, 0.15) is 0 Å². The smallest absolute Gasteiger partial charge is 0.168 e. The lowest BCUT2D eigenvalue weighted by Gasteiger charge is -2.12. The Labute approximate surface area is 117 Å². The van der Waals surface area contributed by atoms with E-state index in [9.17, 15) is 8.78 Å². The molecule has 1 heterocycles. The highest BCUT2D eigenvalue weighted by Gasteiger charge is 2.11. The number of anilines is 2. The van der Waals surface area contributed by atoms with E-state index in [0.29, 0.717) is 18.3 Å². The second-order valence-electron chi connectivity index (χ2n) is 4.34. The van der Waals surface area contributed by atoms with E-state index in [0.717, 1.165) is 18.9 Å². The van der Waals surface area contributed by atoms with Gasteiger partial charge in [-0.05, 0) is 19.1 Å².